The molecule has 4 aromatic rings. The Morgan fingerprint density at radius 3 is 2.62 bits per heavy atom. The molecule has 3 heterocycles. The van der Waals surface area contributed by atoms with Crippen molar-refractivity contribution in [1.29, 1.82) is 0 Å². The Labute approximate surface area is 231 Å². The summed E-state index contributed by atoms with van der Waals surface area (Å²) < 4.78 is 36.4. The lowest BCUT2D eigenvalue weighted by Gasteiger charge is -2.43. The number of nitrogens with one attached hydrogen (secondary N) is 1. The molecule has 0 saturated heterocycles. The highest BCUT2D eigenvalue weighted by Crippen LogP contribution is 2.40. The van der Waals surface area contributed by atoms with Crippen molar-refractivity contribution in [3.05, 3.63) is 71.7 Å². The molecule has 5 rings (SSSR count). The summed E-state index contributed by atoms with van der Waals surface area (Å²) in [7, 11) is 3.27. The van der Waals surface area contributed by atoms with Crippen LogP contribution in [0.2, 0.25) is 0 Å². The molecule has 1 amide bonds. The van der Waals surface area contributed by atoms with Crippen molar-refractivity contribution in [1.82, 2.24) is 24.5 Å². The quantitative estimate of drug-likeness (QED) is 0.345. The van der Waals surface area contributed by atoms with E-state index in [0.29, 0.717) is 23.4 Å². The molecular weight excluding hydrogens is 516 g/mol. The number of hydrogen-bond acceptors (Lipinski definition) is 7. The van der Waals surface area contributed by atoms with Gasteiger partial charge in [-0.05, 0) is 66.1 Å². The number of amides is 1. The van der Waals surface area contributed by atoms with Gasteiger partial charge in [-0.2, -0.15) is 9.61 Å². The first-order chi connectivity index (χ1) is 19.2. The van der Waals surface area contributed by atoms with E-state index in [1.54, 1.807) is 49.6 Å². The summed E-state index contributed by atoms with van der Waals surface area (Å²) in [5.41, 5.74) is 9.32. The first-order valence-corrected chi connectivity index (χ1v) is 13.2. The lowest BCUT2D eigenvalue weighted by molar-refractivity contribution is -0.131. The number of rotatable bonds is 7. The summed E-state index contributed by atoms with van der Waals surface area (Å²) in [6.07, 6.45) is 6.64. The van der Waals surface area contributed by atoms with Gasteiger partial charge in [0.05, 0.1) is 41.5 Å². The zero-order valence-electron chi connectivity index (χ0n) is 22.9. The number of carbonyl (C=O) groups excluding carboxylic acids is 1. The van der Waals surface area contributed by atoms with E-state index in [2.05, 4.69) is 27.3 Å². The van der Waals surface area contributed by atoms with E-state index in [9.17, 15) is 13.6 Å². The molecule has 1 saturated carbocycles. The number of carbonyl (C=O) groups is 1. The van der Waals surface area contributed by atoms with Crippen LogP contribution in [-0.4, -0.2) is 56.6 Å². The maximum Gasteiger partial charge on any atom is 0.229 e. The van der Waals surface area contributed by atoms with Crippen LogP contribution in [0.15, 0.2) is 48.9 Å². The summed E-state index contributed by atoms with van der Waals surface area (Å²) in [6.45, 7) is 3.78. The monoisotopic (exact) mass is 549 g/mol. The molecule has 0 radical (unpaired) electrons. The summed E-state index contributed by atoms with van der Waals surface area (Å²) in [6, 6.07) is 7.51. The average molecular weight is 550 g/mol. The molecule has 1 aliphatic carbocycles. The molecule has 1 aliphatic rings. The molecule has 1 fully saturated rings. The molecule has 0 spiro atoms. The Balaban J connectivity index is 1.45. The molecule has 0 bridgehead atoms. The van der Waals surface area contributed by atoms with E-state index < -0.39 is 11.6 Å². The molecule has 11 heteroatoms. The minimum absolute atomic E-state index is 0.000697. The van der Waals surface area contributed by atoms with Gasteiger partial charge in [0.25, 0.3) is 0 Å². The molecule has 0 aliphatic heterocycles. The lowest BCUT2D eigenvalue weighted by Crippen LogP contribution is -2.54. The van der Waals surface area contributed by atoms with Crippen molar-refractivity contribution in [2.24, 2.45) is 11.7 Å². The summed E-state index contributed by atoms with van der Waals surface area (Å²) in [5, 5.41) is 7.84. The lowest BCUT2D eigenvalue weighted by atomic mass is 9.73. The number of nitrogens with zero attached hydrogens (tertiary/aromatic N) is 5. The smallest absolute Gasteiger partial charge is 0.229 e. The number of anilines is 2. The van der Waals surface area contributed by atoms with Gasteiger partial charge in [0, 0.05) is 39.4 Å². The highest BCUT2D eigenvalue weighted by Gasteiger charge is 2.38. The molecule has 40 heavy (non-hydrogen) atoms. The van der Waals surface area contributed by atoms with Crippen molar-refractivity contribution in [2.75, 3.05) is 19.5 Å². The second-order valence-electron chi connectivity index (χ2n) is 10.5. The number of halogens is 2. The number of fused-ring (bicyclic) bond motifs is 1. The topological polar surface area (TPSA) is 111 Å². The fourth-order valence-corrected chi connectivity index (χ4v) is 5.92. The van der Waals surface area contributed by atoms with Gasteiger partial charge >= 0.3 is 0 Å². The van der Waals surface area contributed by atoms with Crippen molar-refractivity contribution >= 4 is 23.1 Å². The molecule has 0 unspecified atom stereocenters. The number of imidazole rings is 1. The van der Waals surface area contributed by atoms with E-state index in [4.69, 9.17) is 10.5 Å². The third kappa shape index (κ3) is 5.26. The molecule has 1 aromatic carbocycles. The van der Waals surface area contributed by atoms with Crippen LogP contribution in [0.5, 0.6) is 0 Å². The van der Waals surface area contributed by atoms with Gasteiger partial charge in [-0.3, -0.25) is 9.78 Å². The van der Waals surface area contributed by atoms with Crippen LogP contribution in [0.1, 0.15) is 43.7 Å². The highest BCUT2D eigenvalue weighted by atomic mass is 19.1. The number of hydrogen-bond donors (Lipinski definition) is 2. The van der Waals surface area contributed by atoms with Gasteiger partial charge in [-0.1, -0.05) is 6.92 Å². The Morgan fingerprint density at radius 1 is 1.20 bits per heavy atom. The fourth-order valence-electron chi connectivity index (χ4n) is 5.92. The SMILES string of the molecule is COCc1cc(F)c(-c2ccc3cnc(Nc4cnccc4[C@H]4C[C@@H](N)[C@@H](N(C)C(C)=O)[C@@H](C)C4)n3n2)c(F)c1. The van der Waals surface area contributed by atoms with Gasteiger partial charge < -0.3 is 20.7 Å². The first kappa shape index (κ1) is 27.6. The number of likely N-dealkylation sites (N-methyl/N-ethyl adjacent to an activating group) is 1. The number of ether oxygens (including phenoxy) is 1. The Morgan fingerprint density at radius 2 is 1.95 bits per heavy atom. The minimum atomic E-state index is -0.723. The number of benzene rings is 1. The first-order valence-electron chi connectivity index (χ1n) is 13.2. The van der Waals surface area contributed by atoms with Gasteiger partial charge in [-0.25, -0.2) is 13.8 Å². The van der Waals surface area contributed by atoms with Crippen LogP contribution < -0.4 is 11.1 Å². The van der Waals surface area contributed by atoms with E-state index >= 15 is 0 Å². The van der Waals surface area contributed by atoms with E-state index in [0.717, 1.165) is 17.7 Å². The minimum Gasteiger partial charge on any atom is -0.380 e. The maximum atomic E-state index is 14.9. The van der Waals surface area contributed by atoms with Crippen LogP contribution in [-0.2, 0) is 16.1 Å². The van der Waals surface area contributed by atoms with Crippen LogP contribution >= 0.6 is 0 Å². The Kier molecular flexibility index (Phi) is 7.77. The predicted octanol–water partition coefficient (Wildman–Crippen LogP) is 4.65. The molecule has 9 nitrogen and oxygen atoms in total. The van der Waals surface area contributed by atoms with Crippen molar-refractivity contribution in [3.8, 4) is 11.3 Å². The van der Waals surface area contributed by atoms with Crippen molar-refractivity contribution in [2.45, 2.75) is 51.3 Å². The number of aromatic nitrogens is 4. The normalized spacial score (nSPS) is 21.0. The van der Waals surface area contributed by atoms with Crippen LogP contribution in [0.4, 0.5) is 20.4 Å². The highest BCUT2D eigenvalue weighted by molar-refractivity contribution is 5.73. The fraction of sp³-hybridized carbons (Fsp3) is 0.379. The van der Waals surface area contributed by atoms with Crippen LogP contribution in [0.25, 0.3) is 16.8 Å². The molecule has 3 aromatic heterocycles. The largest absolute Gasteiger partial charge is 0.380 e. The van der Waals surface area contributed by atoms with E-state index in [1.165, 1.54) is 23.8 Å². The third-order valence-corrected chi connectivity index (χ3v) is 7.77. The third-order valence-electron chi connectivity index (χ3n) is 7.77. The van der Waals surface area contributed by atoms with Crippen LogP contribution in [0, 0.1) is 17.6 Å². The standard InChI is InChI=1S/C29H33F2N7O2/c1-16-9-19(12-24(32)28(16)37(3)17(2)39)21-7-8-33-14-26(21)35-29-34-13-20-5-6-25(36-38(20)29)27-22(30)10-18(15-40-4)11-23(27)31/h5-8,10-11,13-14,16,19,24,28H,9,12,15,32H2,1-4H3,(H,34,35)/t16-,19+,24+,28-/m0/s1. The summed E-state index contributed by atoms with van der Waals surface area (Å²) in [4.78, 5) is 22.5. The summed E-state index contributed by atoms with van der Waals surface area (Å²) in [5.74, 6) is -0.735. The van der Waals surface area contributed by atoms with Crippen molar-refractivity contribution < 1.29 is 18.3 Å². The van der Waals surface area contributed by atoms with Gasteiger partial charge in [0.1, 0.15) is 11.6 Å². The van der Waals surface area contributed by atoms with Gasteiger partial charge in [-0.15, -0.1) is 0 Å². The van der Waals surface area contributed by atoms with Gasteiger partial charge in [0.15, 0.2) is 0 Å². The summed E-state index contributed by atoms with van der Waals surface area (Å²) >= 11 is 0. The van der Waals surface area contributed by atoms with E-state index in [-0.39, 0.29) is 47.7 Å². The number of nitrogens with two attached hydrogens (primary N) is 1. The molecular formula is C29H33F2N7O2. The second kappa shape index (κ2) is 11.3. The maximum absolute atomic E-state index is 14.9. The van der Waals surface area contributed by atoms with Crippen LogP contribution in [0.3, 0.4) is 0 Å². The average Bonchev–Trinajstić information content (AvgIpc) is 3.30. The Hall–Kier alpha value is -3.96. The van der Waals surface area contributed by atoms with Crippen molar-refractivity contribution in [3.63, 3.8) is 0 Å². The second-order valence-corrected chi connectivity index (χ2v) is 10.5. The zero-order chi connectivity index (χ0) is 28.6. The molecule has 4 atom stereocenters. The predicted molar refractivity (Wildman–Crippen MR) is 148 cm³/mol. The van der Waals surface area contributed by atoms with Gasteiger partial charge in [0.2, 0.25) is 11.9 Å². The number of methoxy groups -OCH3 is 1. The molecule has 210 valence electrons. The van der Waals surface area contributed by atoms with E-state index in [1.807, 2.05) is 6.07 Å². The number of pyridine rings is 1. The Bertz CT molecular complexity index is 1510. The zero-order valence-corrected chi connectivity index (χ0v) is 22.9. The molecule has 3 N–H and O–H groups in total.